The van der Waals surface area contributed by atoms with Gasteiger partial charge >= 0.3 is 5.97 Å². The number of ether oxygens (including phenoxy) is 1. The SMILES string of the molecule is CCC/C=C(/C(=O)OCC)N1C(=O)c2ccccc2C1=O. The fourth-order valence-corrected chi connectivity index (χ4v) is 2.16. The van der Waals surface area contributed by atoms with E-state index >= 15 is 0 Å². The lowest BCUT2D eigenvalue weighted by Crippen LogP contribution is -2.33. The number of carbonyl (C=O) groups is 3. The first-order valence-electron chi connectivity index (χ1n) is 6.96. The van der Waals surface area contributed by atoms with Crippen LogP contribution in [0.4, 0.5) is 0 Å². The van der Waals surface area contributed by atoms with Gasteiger partial charge in [-0.05, 0) is 25.5 Å². The van der Waals surface area contributed by atoms with Gasteiger partial charge in [0, 0.05) is 0 Å². The number of carbonyl (C=O) groups excluding carboxylic acids is 3. The van der Waals surface area contributed by atoms with E-state index in [4.69, 9.17) is 4.74 Å². The Hall–Kier alpha value is -2.43. The lowest BCUT2D eigenvalue weighted by molar-refractivity contribution is -0.139. The first-order valence-corrected chi connectivity index (χ1v) is 6.96. The van der Waals surface area contributed by atoms with Crippen molar-refractivity contribution in [2.75, 3.05) is 6.61 Å². The van der Waals surface area contributed by atoms with Crippen LogP contribution in [0.25, 0.3) is 0 Å². The van der Waals surface area contributed by atoms with Gasteiger partial charge in [-0.15, -0.1) is 0 Å². The van der Waals surface area contributed by atoms with Crippen molar-refractivity contribution in [2.45, 2.75) is 26.7 Å². The molecule has 0 atom stereocenters. The molecule has 1 heterocycles. The molecular formula is C16H17NO4. The van der Waals surface area contributed by atoms with Gasteiger partial charge in [0.2, 0.25) is 0 Å². The number of esters is 1. The third-order valence-electron chi connectivity index (χ3n) is 3.15. The molecule has 0 unspecified atom stereocenters. The van der Waals surface area contributed by atoms with Crippen LogP contribution >= 0.6 is 0 Å². The van der Waals surface area contributed by atoms with Crippen LogP contribution in [-0.4, -0.2) is 29.3 Å². The number of amides is 2. The van der Waals surface area contributed by atoms with Gasteiger partial charge in [-0.2, -0.15) is 0 Å². The molecular weight excluding hydrogens is 270 g/mol. The van der Waals surface area contributed by atoms with E-state index in [-0.39, 0.29) is 12.3 Å². The molecule has 1 aromatic rings. The Morgan fingerprint density at radius 3 is 2.19 bits per heavy atom. The van der Waals surface area contributed by atoms with Crippen molar-refractivity contribution in [2.24, 2.45) is 0 Å². The third kappa shape index (κ3) is 2.72. The van der Waals surface area contributed by atoms with Crippen LogP contribution in [0.5, 0.6) is 0 Å². The Bertz CT molecular complexity index is 583. The molecule has 0 N–H and O–H groups in total. The molecule has 0 saturated heterocycles. The summed E-state index contributed by atoms with van der Waals surface area (Å²) in [5, 5.41) is 0. The number of unbranched alkanes of at least 4 members (excludes halogenated alkanes) is 1. The first kappa shape index (κ1) is 15.0. The zero-order chi connectivity index (χ0) is 15.4. The summed E-state index contributed by atoms with van der Waals surface area (Å²) in [5.41, 5.74) is 0.633. The molecule has 21 heavy (non-hydrogen) atoms. The van der Waals surface area contributed by atoms with Gasteiger partial charge in [0.25, 0.3) is 11.8 Å². The standard InChI is InChI=1S/C16H17NO4/c1-3-5-10-13(16(20)21-4-2)17-14(18)11-8-6-7-9-12(11)15(17)19/h6-10H,3-5H2,1-2H3/b13-10-. The van der Waals surface area contributed by atoms with E-state index in [0.29, 0.717) is 17.5 Å². The van der Waals surface area contributed by atoms with Crippen molar-refractivity contribution in [1.82, 2.24) is 4.90 Å². The summed E-state index contributed by atoms with van der Waals surface area (Å²) >= 11 is 0. The first-order chi connectivity index (χ1) is 10.1. The average Bonchev–Trinajstić information content (AvgIpc) is 2.73. The quantitative estimate of drug-likeness (QED) is 0.474. The zero-order valence-electron chi connectivity index (χ0n) is 12.1. The highest BCUT2D eigenvalue weighted by Crippen LogP contribution is 2.26. The van der Waals surface area contributed by atoms with E-state index in [9.17, 15) is 14.4 Å². The van der Waals surface area contributed by atoms with Crippen molar-refractivity contribution in [3.05, 3.63) is 47.2 Å². The molecule has 1 aromatic carbocycles. The summed E-state index contributed by atoms with van der Waals surface area (Å²) in [6, 6.07) is 6.54. The molecule has 0 aliphatic carbocycles. The van der Waals surface area contributed by atoms with Gasteiger partial charge in [-0.25, -0.2) is 9.69 Å². The second kappa shape index (κ2) is 6.35. The predicted octanol–water partition coefficient (Wildman–Crippen LogP) is 2.53. The number of imide groups is 1. The summed E-state index contributed by atoms with van der Waals surface area (Å²) in [6.45, 7) is 3.81. The Labute approximate surface area is 123 Å². The molecule has 110 valence electrons. The maximum absolute atomic E-state index is 12.4. The van der Waals surface area contributed by atoms with Gasteiger partial charge in [-0.1, -0.05) is 31.6 Å². The molecule has 5 heteroatoms. The Morgan fingerprint density at radius 2 is 1.71 bits per heavy atom. The van der Waals surface area contributed by atoms with Crippen molar-refractivity contribution >= 4 is 17.8 Å². The molecule has 0 radical (unpaired) electrons. The molecule has 0 spiro atoms. The summed E-state index contributed by atoms with van der Waals surface area (Å²) in [7, 11) is 0. The molecule has 0 aromatic heterocycles. The average molecular weight is 287 g/mol. The number of rotatable bonds is 5. The van der Waals surface area contributed by atoms with Gasteiger partial charge in [-0.3, -0.25) is 9.59 Å². The van der Waals surface area contributed by atoms with Crippen molar-refractivity contribution < 1.29 is 19.1 Å². The predicted molar refractivity (Wildman–Crippen MR) is 76.6 cm³/mol. The van der Waals surface area contributed by atoms with Gasteiger partial charge in [0.05, 0.1) is 17.7 Å². The maximum Gasteiger partial charge on any atom is 0.355 e. The minimum atomic E-state index is -0.652. The minimum absolute atomic E-state index is 0.00454. The second-order valence-corrected chi connectivity index (χ2v) is 4.59. The summed E-state index contributed by atoms with van der Waals surface area (Å²) < 4.78 is 4.96. The molecule has 1 aliphatic heterocycles. The van der Waals surface area contributed by atoms with Gasteiger partial charge < -0.3 is 4.74 Å². The normalized spacial score (nSPS) is 14.4. The van der Waals surface area contributed by atoms with Crippen LogP contribution in [0, 0.1) is 0 Å². The van der Waals surface area contributed by atoms with E-state index in [1.54, 1.807) is 37.3 Å². The largest absolute Gasteiger partial charge is 0.461 e. The number of fused-ring (bicyclic) bond motifs is 1. The lowest BCUT2D eigenvalue weighted by Gasteiger charge is -2.16. The lowest BCUT2D eigenvalue weighted by atomic mass is 10.1. The molecule has 0 fully saturated rings. The number of allylic oxidation sites excluding steroid dienone is 1. The summed E-state index contributed by atoms with van der Waals surface area (Å²) in [5.74, 6) is -1.61. The van der Waals surface area contributed by atoms with Crippen LogP contribution in [0.3, 0.4) is 0 Å². The third-order valence-corrected chi connectivity index (χ3v) is 3.15. The highest BCUT2D eigenvalue weighted by molar-refractivity contribution is 6.24. The minimum Gasteiger partial charge on any atom is -0.461 e. The van der Waals surface area contributed by atoms with Crippen LogP contribution in [-0.2, 0) is 9.53 Å². The molecule has 2 rings (SSSR count). The summed E-state index contributed by atoms with van der Waals surface area (Å²) in [6.07, 6.45) is 2.97. The fraction of sp³-hybridized carbons (Fsp3) is 0.312. The summed E-state index contributed by atoms with van der Waals surface area (Å²) in [4.78, 5) is 37.7. The smallest absolute Gasteiger partial charge is 0.355 e. The number of hydrogen-bond donors (Lipinski definition) is 0. The van der Waals surface area contributed by atoms with E-state index in [2.05, 4.69) is 0 Å². The molecule has 0 saturated carbocycles. The Balaban J connectivity index is 2.41. The molecule has 2 amide bonds. The Kier molecular flexibility index (Phi) is 4.52. The van der Waals surface area contributed by atoms with E-state index < -0.39 is 17.8 Å². The highest BCUT2D eigenvalue weighted by atomic mass is 16.5. The van der Waals surface area contributed by atoms with E-state index in [0.717, 1.165) is 11.3 Å². The topological polar surface area (TPSA) is 63.7 Å². The van der Waals surface area contributed by atoms with E-state index in [1.807, 2.05) is 6.92 Å². The number of hydrogen-bond acceptors (Lipinski definition) is 4. The van der Waals surface area contributed by atoms with Crippen molar-refractivity contribution in [1.29, 1.82) is 0 Å². The number of nitrogens with zero attached hydrogens (tertiary/aromatic N) is 1. The zero-order valence-corrected chi connectivity index (χ0v) is 12.1. The van der Waals surface area contributed by atoms with Crippen molar-refractivity contribution in [3.8, 4) is 0 Å². The Morgan fingerprint density at radius 1 is 1.14 bits per heavy atom. The number of benzene rings is 1. The van der Waals surface area contributed by atoms with Crippen LogP contribution < -0.4 is 0 Å². The van der Waals surface area contributed by atoms with Crippen molar-refractivity contribution in [3.63, 3.8) is 0 Å². The van der Waals surface area contributed by atoms with Crippen LogP contribution in [0.1, 0.15) is 47.4 Å². The molecule has 5 nitrogen and oxygen atoms in total. The van der Waals surface area contributed by atoms with Gasteiger partial charge in [0.1, 0.15) is 5.70 Å². The monoisotopic (exact) mass is 287 g/mol. The molecule has 1 aliphatic rings. The second-order valence-electron chi connectivity index (χ2n) is 4.59. The maximum atomic E-state index is 12.4. The highest BCUT2D eigenvalue weighted by Gasteiger charge is 2.39. The van der Waals surface area contributed by atoms with Crippen LogP contribution in [0.2, 0.25) is 0 Å². The van der Waals surface area contributed by atoms with Crippen LogP contribution in [0.15, 0.2) is 36.0 Å². The van der Waals surface area contributed by atoms with Gasteiger partial charge in [0.15, 0.2) is 0 Å². The van der Waals surface area contributed by atoms with E-state index in [1.165, 1.54) is 0 Å². The fourth-order valence-electron chi connectivity index (χ4n) is 2.16. The molecule has 0 bridgehead atoms.